The minimum absolute atomic E-state index is 0.0141. The van der Waals surface area contributed by atoms with E-state index in [2.05, 4.69) is 13.8 Å². The van der Waals surface area contributed by atoms with Crippen LogP contribution >= 0.6 is 0 Å². The lowest BCUT2D eigenvalue weighted by atomic mass is 9.93. The molecule has 1 heterocycles. The highest BCUT2D eigenvalue weighted by molar-refractivity contribution is 5.95. The first-order valence-corrected chi connectivity index (χ1v) is 5.94. The maximum Gasteiger partial charge on any atom is 0.257 e. The van der Waals surface area contributed by atoms with Crippen LogP contribution in [-0.4, -0.2) is 30.4 Å². The van der Waals surface area contributed by atoms with Crippen molar-refractivity contribution in [3.8, 4) is 0 Å². The number of carbonyl (C=O) groups is 1. The molecule has 17 heavy (non-hydrogen) atoms. The number of nitrogens with two attached hydrogens (primary N) is 1. The molecule has 4 nitrogen and oxygen atoms in total. The molecular weight excluding hydrogens is 216 g/mol. The molecule has 1 rings (SSSR count). The highest BCUT2D eigenvalue weighted by atomic mass is 16.3. The van der Waals surface area contributed by atoms with Crippen LogP contribution in [0.4, 0.5) is 0 Å². The quantitative estimate of drug-likeness (QED) is 0.854. The number of aryl methyl sites for hydroxylation is 1. The van der Waals surface area contributed by atoms with E-state index in [0.717, 1.165) is 0 Å². The van der Waals surface area contributed by atoms with Gasteiger partial charge in [-0.25, -0.2) is 0 Å². The largest absolute Gasteiger partial charge is 0.469 e. The molecule has 0 fully saturated rings. The number of nitrogens with zero attached hydrogens (tertiary/aromatic N) is 1. The highest BCUT2D eigenvalue weighted by Gasteiger charge is 2.24. The molecule has 1 aromatic heterocycles. The summed E-state index contributed by atoms with van der Waals surface area (Å²) in [4.78, 5) is 14.1. The first-order valence-electron chi connectivity index (χ1n) is 5.94. The van der Waals surface area contributed by atoms with E-state index in [1.807, 2.05) is 11.8 Å². The lowest BCUT2D eigenvalue weighted by molar-refractivity contribution is 0.0699. The molecule has 0 aromatic carbocycles. The zero-order chi connectivity index (χ0) is 13.1. The van der Waals surface area contributed by atoms with Crippen LogP contribution in [0.3, 0.4) is 0 Å². The van der Waals surface area contributed by atoms with Gasteiger partial charge >= 0.3 is 0 Å². The summed E-state index contributed by atoms with van der Waals surface area (Å²) >= 11 is 0. The van der Waals surface area contributed by atoms with Gasteiger partial charge in [0.1, 0.15) is 5.76 Å². The van der Waals surface area contributed by atoms with Crippen LogP contribution in [0.1, 0.15) is 36.9 Å². The molecule has 96 valence electrons. The number of hydrogen-bond donors (Lipinski definition) is 1. The Kier molecular flexibility index (Phi) is 4.34. The zero-order valence-corrected chi connectivity index (χ0v) is 11.1. The number of rotatable bonds is 5. The van der Waals surface area contributed by atoms with E-state index in [4.69, 9.17) is 10.2 Å². The van der Waals surface area contributed by atoms with Crippen LogP contribution in [0.2, 0.25) is 0 Å². The lowest BCUT2D eigenvalue weighted by Crippen LogP contribution is -2.42. The molecule has 0 radical (unpaired) electrons. The van der Waals surface area contributed by atoms with Crippen molar-refractivity contribution in [2.75, 3.05) is 19.6 Å². The summed E-state index contributed by atoms with van der Waals surface area (Å²) in [5.74, 6) is 0.680. The molecule has 0 atom stereocenters. The van der Waals surface area contributed by atoms with Crippen molar-refractivity contribution in [1.29, 1.82) is 0 Å². The standard InChI is InChI=1S/C13H22N2O2/c1-5-15(9-13(3,4)8-14)12(16)11-6-7-17-10(11)2/h6-7H,5,8-9,14H2,1-4H3. The second kappa shape index (κ2) is 5.36. The van der Waals surface area contributed by atoms with Crippen LogP contribution in [0.25, 0.3) is 0 Å². The fraction of sp³-hybridized carbons (Fsp3) is 0.615. The Labute approximate surface area is 103 Å². The molecule has 0 aliphatic heterocycles. The van der Waals surface area contributed by atoms with E-state index in [1.165, 1.54) is 0 Å². The lowest BCUT2D eigenvalue weighted by Gasteiger charge is -2.31. The molecule has 0 spiro atoms. The van der Waals surface area contributed by atoms with Gasteiger partial charge in [0, 0.05) is 13.1 Å². The highest BCUT2D eigenvalue weighted by Crippen LogP contribution is 2.18. The van der Waals surface area contributed by atoms with Crippen LogP contribution in [0.5, 0.6) is 0 Å². The molecule has 0 saturated carbocycles. The van der Waals surface area contributed by atoms with E-state index in [0.29, 0.717) is 31.0 Å². The molecule has 2 N–H and O–H groups in total. The third kappa shape index (κ3) is 3.33. The van der Waals surface area contributed by atoms with Gasteiger partial charge in [-0.1, -0.05) is 13.8 Å². The predicted octanol–water partition coefficient (Wildman–Crippen LogP) is 2.04. The second-order valence-corrected chi connectivity index (χ2v) is 5.08. The minimum Gasteiger partial charge on any atom is -0.469 e. The van der Waals surface area contributed by atoms with E-state index in [-0.39, 0.29) is 11.3 Å². The fourth-order valence-electron chi connectivity index (χ4n) is 1.69. The third-order valence-corrected chi connectivity index (χ3v) is 2.93. The molecule has 1 aromatic rings. The number of furan rings is 1. The minimum atomic E-state index is -0.0662. The normalized spacial score (nSPS) is 11.6. The van der Waals surface area contributed by atoms with E-state index in [9.17, 15) is 4.79 Å². The topological polar surface area (TPSA) is 59.5 Å². The summed E-state index contributed by atoms with van der Waals surface area (Å²) in [6, 6.07) is 1.72. The maximum absolute atomic E-state index is 12.3. The van der Waals surface area contributed by atoms with E-state index < -0.39 is 0 Å². The van der Waals surface area contributed by atoms with Crippen LogP contribution in [-0.2, 0) is 0 Å². The maximum atomic E-state index is 12.3. The molecule has 0 unspecified atom stereocenters. The van der Waals surface area contributed by atoms with Crippen LogP contribution < -0.4 is 5.73 Å². The smallest absolute Gasteiger partial charge is 0.257 e. The van der Waals surface area contributed by atoms with Gasteiger partial charge in [0.15, 0.2) is 0 Å². The third-order valence-electron chi connectivity index (χ3n) is 2.93. The van der Waals surface area contributed by atoms with E-state index >= 15 is 0 Å². The van der Waals surface area contributed by atoms with Crippen molar-refractivity contribution in [2.24, 2.45) is 11.1 Å². The Hall–Kier alpha value is -1.29. The van der Waals surface area contributed by atoms with Crippen molar-refractivity contribution < 1.29 is 9.21 Å². The van der Waals surface area contributed by atoms with Gasteiger partial charge in [-0.2, -0.15) is 0 Å². The second-order valence-electron chi connectivity index (χ2n) is 5.08. The Balaban J connectivity index is 2.82. The van der Waals surface area contributed by atoms with Gasteiger partial charge in [-0.05, 0) is 31.9 Å². The first kappa shape index (κ1) is 13.8. The summed E-state index contributed by atoms with van der Waals surface area (Å²) in [6.07, 6.45) is 1.55. The van der Waals surface area contributed by atoms with Crippen molar-refractivity contribution >= 4 is 5.91 Å². The van der Waals surface area contributed by atoms with Gasteiger partial charge in [0.25, 0.3) is 5.91 Å². The van der Waals surface area contributed by atoms with Gasteiger partial charge in [0.2, 0.25) is 0 Å². The number of hydrogen-bond acceptors (Lipinski definition) is 3. The van der Waals surface area contributed by atoms with Crippen molar-refractivity contribution in [2.45, 2.75) is 27.7 Å². The molecule has 0 bridgehead atoms. The van der Waals surface area contributed by atoms with Crippen molar-refractivity contribution in [3.63, 3.8) is 0 Å². The summed E-state index contributed by atoms with van der Waals surface area (Å²) in [5, 5.41) is 0. The molecular formula is C13H22N2O2. The van der Waals surface area contributed by atoms with Crippen molar-refractivity contribution in [1.82, 2.24) is 4.90 Å². The van der Waals surface area contributed by atoms with Gasteiger partial charge in [0.05, 0.1) is 11.8 Å². The van der Waals surface area contributed by atoms with Gasteiger partial charge in [-0.3, -0.25) is 4.79 Å². The monoisotopic (exact) mass is 238 g/mol. The zero-order valence-electron chi connectivity index (χ0n) is 11.1. The number of amides is 1. The van der Waals surface area contributed by atoms with Crippen LogP contribution in [0.15, 0.2) is 16.7 Å². The predicted molar refractivity (Wildman–Crippen MR) is 67.9 cm³/mol. The average Bonchev–Trinajstić information content (AvgIpc) is 2.71. The Morgan fingerprint density at radius 2 is 2.18 bits per heavy atom. The Morgan fingerprint density at radius 1 is 1.53 bits per heavy atom. The molecule has 0 aliphatic carbocycles. The molecule has 0 aliphatic rings. The SMILES string of the molecule is CCN(CC(C)(C)CN)C(=O)c1ccoc1C. The Bertz CT molecular complexity index is 383. The molecule has 4 heteroatoms. The summed E-state index contributed by atoms with van der Waals surface area (Å²) in [7, 11) is 0. The summed E-state index contributed by atoms with van der Waals surface area (Å²) in [6.45, 7) is 9.78. The van der Waals surface area contributed by atoms with Crippen LogP contribution in [0, 0.1) is 12.3 Å². The first-order chi connectivity index (χ1) is 7.91. The summed E-state index contributed by atoms with van der Waals surface area (Å²) < 4.78 is 5.16. The van der Waals surface area contributed by atoms with Gasteiger partial charge in [-0.15, -0.1) is 0 Å². The number of carbonyl (C=O) groups excluding carboxylic acids is 1. The molecule has 1 amide bonds. The van der Waals surface area contributed by atoms with Gasteiger partial charge < -0.3 is 15.1 Å². The van der Waals surface area contributed by atoms with E-state index in [1.54, 1.807) is 19.3 Å². The summed E-state index contributed by atoms with van der Waals surface area (Å²) in [5.41, 5.74) is 6.27. The Morgan fingerprint density at radius 3 is 2.59 bits per heavy atom. The van der Waals surface area contributed by atoms with Crippen molar-refractivity contribution in [3.05, 3.63) is 23.7 Å². The average molecular weight is 238 g/mol. The fourth-order valence-corrected chi connectivity index (χ4v) is 1.69. The molecule has 0 saturated heterocycles.